The van der Waals surface area contributed by atoms with Crippen molar-refractivity contribution in [1.29, 1.82) is 0 Å². The van der Waals surface area contributed by atoms with Gasteiger partial charge >= 0.3 is 0 Å². The van der Waals surface area contributed by atoms with Gasteiger partial charge < -0.3 is 11.1 Å². The lowest BCUT2D eigenvalue weighted by Crippen LogP contribution is -2.38. The highest BCUT2D eigenvalue weighted by molar-refractivity contribution is 5.83. The lowest BCUT2D eigenvalue weighted by Gasteiger charge is -2.27. The minimum absolute atomic E-state index is 0.443. The van der Waals surface area contributed by atoms with E-state index in [0.29, 0.717) is 24.0 Å². The molecule has 2 fully saturated rings. The van der Waals surface area contributed by atoms with E-state index in [9.17, 15) is 0 Å². The zero-order chi connectivity index (χ0) is 14.2. The normalized spacial score (nSPS) is 32.2. The Morgan fingerprint density at radius 1 is 0.905 bits per heavy atom. The van der Waals surface area contributed by atoms with E-state index in [1.54, 1.807) is 0 Å². The Morgan fingerprint density at radius 2 is 1.67 bits per heavy atom. The topological polar surface area (TPSA) is 38.0 Å². The molecule has 2 saturated carbocycles. The zero-order valence-corrected chi connectivity index (χ0v) is 12.5. The molecule has 0 aliphatic heterocycles. The molecule has 2 atom stereocenters. The summed E-state index contributed by atoms with van der Waals surface area (Å²) in [5, 5.41) is 6.56. The van der Waals surface area contributed by atoms with Gasteiger partial charge in [0.15, 0.2) is 0 Å². The van der Waals surface area contributed by atoms with E-state index in [-0.39, 0.29) is 0 Å². The van der Waals surface area contributed by atoms with Gasteiger partial charge in [0.25, 0.3) is 0 Å². The SMILES string of the molecule is N[C@H]1CC[C@H](N[C@H]2C[C@@H]2c2ccc3ccccc3c2)CC1. The molecule has 2 heteroatoms. The van der Waals surface area contributed by atoms with Crippen LogP contribution in [-0.4, -0.2) is 18.1 Å². The van der Waals surface area contributed by atoms with E-state index in [2.05, 4.69) is 47.8 Å². The number of nitrogens with two attached hydrogens (primary N) is 1. The van der Waals surface area contributed by atoms with E-state index in [1.807, 2.05) is 0 Å². The second-order valence-corrected chi connectivity index (χ2v) is 6.83. The van der Waals surface area contributed by atoms with Crippen molar-refractivity contribution in [3.05, 3.63) is 48.0 Å². The van der Waals surface area contributed by atoms with E-state index >= 15 is 0 Å². The first kappa shape index (κ1) is 13.3. The quantitative estimate of drug-likeness (QED) is 0.902. The molecular weight excluding hydrogens is 256 g/mol. The summed E-state index contributed by atoms with van der Waals surface area (Å²) >= 11 is 0. The number of hydrogen-bond donors (Lipinski definition) is 2. The summed E-state index contributed by atoms with van der Waals surface area (Å²) in [5.74, 6) is 0.713. The van der Waals surface area contributed by atoms with E-state index in [1.165, 1.54) is 48.4 Å². The second kappa shape index (κ2) is 5.43. The summed E-state index contributed by atoms with van der Waals surface area (Å²) in [5.41, 5.74) is 7.49. The van der Waals surface area contributed by atoms with Gasteiger partial charge in [0, 0.05) is 24.0 Å². The van der Waals surface area contributed by atoms with Crippen LogP contribution in [0.25, 0.3) is 10.8 Å². The van der Waals surface area contributed by atoms with Crippen molar-refractivity contribution < 1.29 is 0 Å². The summed E-state index contributed by atoms with van der Waals surface area (Å²) in [6, 6.07) is 17.4. The Hall–Kier alpha value is -1.38. The van der Waals surface area contributed by atoms with Gasteiger partial charge in [0.05, 0.1) is 0 Å². The largest absolute Gasteiger partial charge is 0.328 e. The third-order valence-corrected chi connectivity index (χ3v) is 5.21. The van der Waals surface area contributed by atoms with Gasteiger partial charge in [-0.1, -0.05) is 42.5 Å². The third kappa shape index (κ3) is 2.83. The van der Waals surface area contributed by atoms with Crippen molar-refractivity contribution in [1.82, 2.24) is 5.32 Å². The van der Waals surface area contributed by atoms with Crippen molar-refractivity contribution >= 4 is 10.8 Å². The molecule has 0 spiro atoms. The third-order valence-electron chi connectivity index (χ3n) is 5.21. The van der Waals surface area contributed by atoms with Crippen LogP contribution >= 0.6 is 0 Å². The van der Waals surface area contributed by atoms with Gasteiger partial charge in [-0.2, -0.15) is 0 Å². The number of benzene rings is 2. The summed E-state index contributed by atoms with van der Waals surface area (Å²) < 4.78 is 0. The molecule has 21 heavy (non-hydrogen) atoms. The number of nitrogens with one attached hydrogen (secondary N) is 1. The molecule has 4 rings (SSSR count). The lowest BCUT2D eigenvalue weighted by molar-refractivity contribution is 0.339. The standard InChI is InChI=1S/C19H24N2/c20-16-7-9-17(10-8-16)21-19-12-18(19)15-6-5-13-3-1-2-4-14(13)11-15/h1-6,11,16-19,21H,7-10,12,20H2/t16-,17-,18-,19+/m1/s1. The first-order valence-electron chi connectivity index (χ1n) is 8.30. The molecule has 2 aliphatic carbocycles. The predicted molar refractivity (Wildman–Crippen MR) is 88.5 cm³/mol. The molecule has 0 amide bonds. The minimum Gasteiger partial charge on any atom is -0.328 e. The van der Waals surface area contributed by atoms with Crippen LogP contribution in [0.15, 0.2) is 42.5 Å². The molecular formula is C19H24N2. The second-order valence-electron chi connectivity index (χ2n) is 6.83. The van der Waals surface area contributed by atoms with Gasteiger partial charge in [-0.25, -0.2) is 0 Å². The van der Waals surface area contributed by atoms with Crippen LogP contribution in [0, 0.1) is 0 Å². The van der Waals surface area contributed by atoms with Gasteiger partial charge in [-0.3, -0.25) is 0 Å². The van der Waals surface area contributed by atoms with Crippen LogP contribution in [0.5, 0.6) is 0 Å². The molecule has 0 bridgehead atoms. The van der Waals surface area contributed by atoms with Gasteiger partial charge in [0.2, 0.25) is 0 Å². The Morgan fingerprint density at radius 3 is 2.48 bits per heavy atom. The van der Waals surface area contributed by atoms with Gasteiger partial charge in [-0.15, -0.1) is 0 Å². The molecule has 0 aromatic heterocycles. The van der Waals surface area contributed by atoms with Crippen molar-refractivity contribution in [2.24, 2.45) is 5.73 Å². The number of hydrogen-bond acceptors (Lipinski definition) is 2. The predicted octanol–water partition coefficient (Wildman–Crippen LogP) is 3.56. The van der Waals surface area contributed by atoms with Gasteiger partial charge in [-0.05, 0) is 48.4 Å². The summed E-state index contributed by atoms with van der Waals surface area (Å²) in [4.78, 5) is 0. The zero-order valence-electron chi connectivity index (χ0n) is 12.5. The van der Waals surface area contributed by atoms with Crippen molar-refractivity contribution in [3.63, 3.8) is 0 Å². The monoisotopic (exact) mass is 280 g/mol. The molecule has 2 aliphatic rings. The van der Waals surface area contributed by atoms with Crippen molar-refractivity contribution in [3.8, 4) is 0 Å². The fourth-order valence-electron chi connectivity index (χ4n) is 3.77. The maximum Gasteiger partial charge on any atom is 0.0145 e. The summed E-state index contributed by atoms with van der Waals surface area (Å²) in [7, 11) is 0. The van der Waals surface area contributed by atoms with E-state index < -0.39 is 0 Å². The molecule has 2 aromatic rings. The maximum absolute atomic E-state index is 5.99. The first-order valence-corrected chi connectivity index (χ1v) is 8.30. The average molecular weight is 280 g/mol. The van der Waals surface area contributed by atoms with E-state index in [4.69, 9.17) is 5.73 Å². The highest BCUT2D eigenvalue weighted by Crippen LogP contribution is 2.42. The van der Waals surface area contributed by atoms with Crippen LogP contribution in [0.4, 0.5) is 0 Å². The van der Waals surface area contributed by atoms with Crippen LogP contribution < -0.4 is 11.1 Å². The van der Waals surface area contributed by atoms with Crippen molar-refractivity contribution in [2.75, 3.05) is 0 Å². The van der Waals surface area contributed by atoms with Crippen LogP contribution in [0.1, 0.15) is 43.6 Å². The molecule has 0 unspecified atom stereocenters. The first-order chi connectivity index (χ1) is 10.3. The molecule has 0 heterocycles. The van der Waals surface area contributed by atoms with E-state index in [0.717, 1.165) is 0 Å². The smallest absolute Gasteiger partial charge is 0.0145 e. The van der Waals surface area contributed by atoms with Gasteiger partial charge in [0.1, 0.15) is 0 Å². The number of rotatable bonds is 3. The molecule has 0 saturated heterocycles. The van der Waals surface area contributed by atoms with Crippen LogP contribution in [0.2, 0.25) is 0 Å². The molecule has 110 valence electrons. The molecule has 2 nitrogen and oxygen atoms in total. The molecule has 2 aromatic carbocycles. The highest BCUT2D eigenvalue weighted by Gasteiger charge is 2.39. The lowest BCUT2D eigenvalue weighted by atomic mass is 9.92. The van der Waals surface area contributed by atoms with Crippen LogP contribution in [0.3, 0.4) is 0 Å². The van der Waals surface area contributed by atoms with Crippen molar-refractivity contribution in [2.45, 2.75) is 56.1 Å². The Balaban J connectivity index is 1.41. The maximum atomic E-state index is 5.99. The fourth-order valence-corrected chi connectivity index (χ4v) is 3.77. The summed E-state index contributed by atoms with van der Waals surface area (Å²) in [6.07, 6.45) is 6.17. The average Bonchev–Trinajstić information content (AvgIpc) is 3.28. The Labute approximate surface area is 126 Å². The highest BCUT2D eigenvalue weighted by atomic mass is 15.0. The molecule has 3 N–H and O–H groups in total. The minimum atomic E-state index is 0.443. The Kier molecular flexibility index (Phi) is 3.44. The Bertz CT molecular complexity index is 628. The molecule has 0 radical (unpaired) electrons. The fraction of sp³-hybridized carbons (Fsp3) is 0.474. The number of fused-ring (bicyclic) bond motifs is 1. The van der Waals surface area contributed by atoms with Crippen LogP contribution in [-0.2, 0) is 0 Å². The summed E-state index contributed by atoms with van der Waals surface area (Å²) in [6.45, 7) is 0.